The molecule has 5 heteroatoms. The smallest absolute Gasteiger partial charge is 0.158 e. The summed E-state index contributed by atoms with van der Waals surface area (Å²) in [5.41, 5.74) is 9.12. The van der Waals surface area contributed by atoms with Gasteiger partial charge in [-0.25, -0.2) is 9.67 Å². The van der Waals surface area contributed by atoms with Crippen LogP contribution in [0.5, 0.6) is 0 Å². The summed E-state index contributed by atoms with van der Waals surface area (Å²) in [6, 6.07) is 5.74. The Bertz CT molecular complexity index is 672. The van der Waals surface area contributed by atoms with Crippen molar-refractivity contribution in [3.8, 4) is 11.3 Å². The van der Waals surface area contributed by atoms with E-state index in [4.69, 9.17) is 5.73 Å². The van der Waals surface area contributed by atoms with Gasteiger partial charge in [-0.2, -0.15) is 5.10 Å². The second-order valence-electron chi connectivity index (χ2n) is 3.85. The number of nitrogens with zero attached hydrogens (tertiary/aromatic N) is 4. The highest BCUT2D eigenvalue weighted by Gasteiger charge is 2.11. The zero-order valence-electron chi connectivity index (χ0n) is 9.33. The number of hydrogen-bond donors (Lipinski definition) is 1. The molecule has 3 rings (SSSR count). The summed E-state index contributed by atoms with van der Waals surface area (Å²) in [6.07, 6.45) is 5.13. The SMILES string of the molecule is Cn1nc(-c2ccncc2)c2cc(N)cnc21. The molecule has 0 atom stereocenters. The molecule has 0 aromatic carbocycles. The Hall–Kier alpha value is -2.43. The van der Waals surface area contributed by atoms with Crippen molar-refractivity contribution < 1.29 is 0 Å². The zero-order chi connectivity index (χ0) is 11.8. The van der Waals surface area contributed by atoms with Crippen LogP contribution in [-0.2, 0) is 7.05 Å². The molecule has 0 bridgehead atoms. The Morgan fingerprint density at radius 3 is 2.76 bits per heavy atom. The fourth-order valence-corrected chi connectivity index (χ4v) is 1.88. The molecule has 17 heavy (non-hydrogen) atoms. The second kappa shape index (κ2) is 3.55. The number of aromatic nitrogens is 4. The third kappa shape index (κ3) is 1.52. The molecule has 0 aliphatic heterocycles. The number of aryl methyl sites for hydroxylation is 1. The van der Waals surface area contributed by atoms with Crippen LogP contribution < -0.4 is 5.73 Å². The topological polar surface area (TPSA) is 69.6 Å². The number of anilines is 1. The Kier molecular flexibility index (Phi) is 2.04. The molecule has 0 unspecified atom stereocenters. The van der Waals surface area contributed by atoms with E-state index in [9.17, 15) is 0 Å². The minimum absolute atomic E-state index is 0.640. The third-order valence-electron chi connectivity index (χ3n) is 2.65. The first-order chi connectivity index (χ1) is 8.25. The minimum atomic E-state index is 0.640. The Morgan fingerprint density at radius 1 is 1.24 bits per heavy atom. The van der Waals surface area contributed by atoms with Gasteiger partial charge in [-0.15, -0.1) is 0 Å². The van der Waals surface area contributed by atoms with Gasteiger partial charge in [0.25, 0.3) is 0 Å². The molecule has 0 saturated heterocycles. The first kappa shape index (κ1) is 9.77. The molecule has 0 fully saturated rings. The van der Waals surface area contributed by atoms with Crippen molar-refractivity contribution in [3.05, 3.63) is 36.8 Å². The van der Waals surface area contributed by atoms with Gasteiger partial charge in [-0.3, -0.25) is 4.98 Å². The van der Waals surface area contributed by atoms with Gasteiger partial charge in [0.2, 0.25) is 0 Å². The Morgan fingerprint density at radius 2 is 2.00 bits per heavy atom. The van der Waals surface area contributed by atoms with Crippen LogP contribution in [0.4, 0.5) is 5.69 Å². The highest BCUT2D eigenvalue weighted by Crippen LogP contribution is 2.26. The number of fused-ring (bicyclic) bond motifs is 1. The molecule has 3 aromatic heterocycles. The minimum Gasteiger partial charge on any atom is -0.397 e. The van der Waals surface area contributed by atoms with Crippen LogP contribution in [0.15, 0.2) is 36.8 Å². The third-order valence-corrected chi connectivity index (χ3v) is 2.65. The summed E-state index contributed by atoms with van der Waals surface area (Å²) >= 11 is 0. The predicted octanol–water partition coefficient (Wildman–Crippen LogP) is 1.61. The summed E-state index contributed by atoms with van der Waals surface area (Å²) in [6.45, 7) is 0. The average Bonchev–Trinajstić information content (AvgIpc) is 2.67. The highest BCUT2D eigenvalue weighted by molar-refractivity contribution is 5.92. The number of nitrogen functional groups attached to an aromatic ring is 1. The fraction of sp³-hybridized carbons (Fsp3) is 0.0833. The van der Waals surface area contributed by atoms with E-state index < -0.39 is 0 Å². The van der Waals surface area contributed by atoms with E-state index in [2.05, 4.69) is 15.1 Å². The van der Waals surface area contributed by atoms with Gasteiger partial charge in [0.05, 0.1) is 11.9 Å². The molecule has 5 nitrogen and oxygen atoms in total. The van der Waals surface area contributed by atoms with E-state index in [0.29, 0.717) is 5.69 Å². The van der Waals surface area contributed by atoms with Crippen molar-refractivity contribution in [1.29, 1.82) is 0 Å². The Labute approximate surface area is 97.9 Å². The van der Waals surface area contributed by atoms with Gasteiger partial charge in [0.15, 0.2) is 5.65 Å². The zero-order valence-corrected chi connectivity index (χ0v) is 9.33. The van der Waals surface area contributed by atoms with Crippen LogP contribution in [0.2, 0.25) is 0 Å². The van der Waals surface area contributed by atoms with Crippen molar-refractivity contribution in [1.82, 2.24) is 19.7 Å². The molecular formula is C12H11N5. The van der Waals surface area contributed by atoms with Gasteiger partial charge in [-0.1, -0.05) is 0 Å². The van der Waals surface area contributed by atoms with Crippen molar-refractivity contribution in [2.24, 2.45) is 7.05 Å². The number of nitrogens with two attached hydrogens (primary N) is 1. The maximum absolute atomic E-state index is 5.77. The standard InChI is InChI=1S/C12H11N5/c1-17-12-10(6-9(13)7-15-12)11(16-17)8-2-4-14-5-3-8/h2-7H,13H2,1H3. The first-order valence-electron chi connectivity index (χ1n) is 5.24. The van der Waals surface area contributed by atoms with Crippen LogP contribution in [0.1, 0.15) is 0 Å². The number of rotatable bonds is 1. The van der Waals surface area contributed by atoms with E-state index in [1.807, 2.05) is 25.2 Å². The van der Waals surface area contributed by atoms with Crippen molar-refractivity contribution >= 4 is 16.7 Å². The van der Waals surface area contributed by atoms with E-state index in [0.717, 1.165) is 22.3 Å². The lowest BCUT2D eigenvalue weighted by Crippen LogP contribution is -1.92. The Balaban J connectivity index is 2.34. The number of hydrogen-bond acceptors (Lipinski definition) is 4. The molecule has 2 N–H and O–H groups in total. The van der Waals surface area contributed by atoms with E-state index in [1.54, 1.807) is 23.3 Å². The molecule has 0 aliphatic carbocycles. The van der Waals surface area contributed by atoms with E-state index in [1.165, 1.54) is 0 Å². The molecule has 0 radical (unpaired) electrons. The fourth-order valence-electron chi connectivity index (χ4n) is 1.88. The molecule has 3 aromatic rings. The molecule has 0 saturated carbocycles. The lowest BCUT2D eigenvalue weighted by molar-refractivity contribution is 0.790. The van der Waals surface area contributed by atoms with Crippen molar-refractivity contribution in [2.45, 2.75) is 0 Å². The van der Waals surface area contributed by atoms with Crippen molar-refractivity contribution in [2.75, 3.05) is 5.73 Å². The largest absolute Gasteiger partial charge is 0.397 e. The first-order valence-corrected chi connectivity index (χ1v) is 5.24. The predicted molar refractivity (Wildman–Crippen MR) is 66.2 cm³/mol. The molecule has 0 aliphatic rings. The van der Waals surface area contributed by atoms with Gasteiger partial charge in [0.1, 0.15) is 5.69 Å². The van der Waals surface area contributed by atoms with Crippen LogP contribution in [0.3, 0.4) is 0 Å². The van der Waals surface area contributed by atoms with Gasteiger partial charge >= 0.3 is 0 Å². The normalized spacial score (nSPS) is 10.9. The number of pyridine rings is 2. The quantitative estimate of drug-likeness (QED) is 0.683. The van der Waals surface area contributed by atoms with Gasteiger partial charge in [0, 0.05) is 30.4 Å². The summed E-state index contributed by atoms with van der Waals surface area (Å²) in [7, 11) is 1.87. The van der Waals surface area contributed by atoms with E-state index in [-0.39, 0.29) is 0 Å². The second-order valence-corrected chi connectivity index (χ2v) is 3.85. The summed E-state index contributed by atoms with van der Waals surface area (Å²) in [4.78, 5) is 8.29. The van der Waals surface area contributed by atoms with Gasteiger partial charge in [-0.05, 0) is 18.2 Å². The van der Waals surface area contributed by atoms with Crippen LogP contribution in [-0.4, -0.2) is 19.7 Å². The van der Waals surface area contributed by atoms with E-state index >= 15 is 0 Å². The maximum atomic E-state index is 5.77. The monoisotopic (exact) mass is 225 g/mol. The molecular weight excluding hydrogens is 214 g/mol. The summed E-state index contributed by atoms with van der Waals surface area (Å²) < 4.78 is 1.75. The maximum Gasteiger partial charge on any atom is 0.158 e. The van der Waals surface area contributed by atoms with Crippen LogP contribution in [0.25, 0.3) is 22.3 Å². The molecule has 0 amide bonds. The lowest BCUT2D eigenvalue weighted by Gasteiger charge is -1.97. The summed E-state index contributed by atoms with van der Waals surface area (Å²) in [5, 5.41) is 5.43. The summed E-state index contributed by atoms with van der Waals surface area (Å²) in [5.74, 6) is 0. The molecule has 3 heterocycles. The van der Waals surface area contributed by atoms with Crippen LogP contribution >= 0.6 is 0 Å². The van der Waals surface area contributed by atoms with Crippen molar-refractivity contribution in [3.63, 3.8) is 0 Å². The molecule has 84 valence electrons. The van der Waals surface area contributed by atoms with Gasteiger partial charge < -0.3 is 5.73 Å². The lowest BCUT2D eigenvalue weighted by atomic mass is 10.1. The average molecular weight is 225 g/mol. The molecule has 0 spiro atoms. The van der Waals surface area contributed by atoms with Crippen LogP contribution in [0, 0.1) is 0 Å². The highest BCUT2D eigenvalue weighted by atomic mass is 15.3.